The Hall–Kier alpha value is -2.86. The highest BCUT2D eigenvalue weighted by Crippen LogP contribution is 2.13. The Balaban J connectivity index is 1.46. The molecule has 0 saturated carbocycles. The highest BCUT2D eigenvalue weighted by Gasteiger charge is 2.27. The second-order valence-corrected chi connectivity index (χ2v) is 6.94. The van der Waals surface area contributed by atoms with Crippen LogP contribution in [0.5, 0.6) is 5.75 Å². The van der Waals surface area contributed by atoms with E-state index in [1.54, 1.807) is 7.11 Å². The largest absolute Gasteiger partial charge is 0.497 e. The smallest absolute Gasteiger partial charge is 0.253 e. The molecule has 1 atom stereocenters. The second-order valence-electron chi connectivity index (χ2n) is 6.94. The summed E-state index contributed by atoms with van der Waals surface area (Å²) in [5.41, 5.74) is 1.74. The molecule has 1 N–H and O–H groups in total. The summed E-state index contributed by atoms with van der Waals surface area (Å²) in [6, 6.07) is 16.7. The van der Waals surface area contributed by atoms with Gasteiger partial charge < -0.3 is 15.0 Å². The molecule has 28 heavy (non-hydrogen) atoms. The molecule has 0 bridgehead atoms. The Kier molecular flexibility index (Phi) is 6.66. The van der Waals surface area contributed by atoms with Crippen LogP contribution in [0.25, 0.3) is 0 Å². The van der Waals surface area contributed by atoms with E-state index in [4.69, 9.17) is 4.74 Å². The maximum absolute atomic E-state index is 12.5. The van der Waals surface area contributed by atoms with Crippen molar-refractivity contribution in [2.75, 3.05) is 33.3 Å². The van der Waals surface area contributed by atoms with Crippen molar-refractivity contribution in [3.63, 3.8) is 0 Å². The van der Waals surface area contributed by atoms with Gasteiger partial charge in [0.25, 0.3) is 5.91 Å². The minimum Gasteiger partial charge on any atom is -0.497 e. The van der Waals surface area contributed by atoms with Gasteiger partial charge in [-0.05, 0) is 36.8 Å². The lowest BCUT2D eigenvalue weighted by molar-refractivity contribution is -0.126. The molecule has 6 heteroatoms. The quantitative estimate of drug-likeness (QED) is 0.833. The lowest BCUT2D eigenvalue weighted by Gasteiger charge is -2.37. The SMILES string of the molecule is COc1ccc(CNC(=O)[C@@H](C)N2CCN(C(=O)c3ccccc3)CC2)cc1. The van der Waals surface area contributed by atoms with Crippen LogP contribution in [0.4, 0.5) is 0 Å². The van der Waals surface area contributed by atoms with Gasteiger partial charge in [0, 0.05) is 38.3 Å². The van der Waals surface area contributed by atoms with Gasteiger partial charge in [0.1, 0.15) is 5.75 Å². The van der Waals surface area contributed by atoms with Crippen molar-refractivity contribution in [1.29, 1.82) is 0 Å². The van der Waals surface area contributed by atoms with Crippen molar-refractivity contribution < 1.29 is 14.3 Å². The fourth-order valence-corrected chi connectivity index (χ4v) is 3.32. The summed E-state index contributed by atoms with van der Waals surface area (Å²) in [6.07, 6.45) is 0. The number of carbonyl (C=O) groups excluding carboxylic acids is 2. The summed E-state index contributed by atoms with van der Waals surface area (Å²) in [6.45, 7) is 5.04. The summed E-state index contributed by atoms with van der Waals surface area (Å²) in [5, 5.41) is 2.99. The molecule has 3 rings (SSSR count). The summed E-state index contributed by atoms with van der Waals surface area (Å²) in [7, 11) is 1.63. The van der Waals surface area contributed by atoms with Crippen LogP contribution in [0.3, 0.4) is 0 Å². The van der Waals surface area contributed by atoms with E-state index < -0.39 is 0 Å². The Morgan fingerprint density at radius 1 is 1.00 bits per heavy atom. The summed E-state index contributed by atoms with van der Waals surface area (Å²) < 4.78 is 5.14. The molecule has 1 heterocycles. The van der Waals surface area contributed by atoms with Crippen LogP contribution in [-0.4, -0.2) is 60.9 Å². The van der Waals surface area contributed by atoms with Crippen LogP contribution >= 0.6 is 0 Å². The molecule has 2 aromatic carbocycles. The molecule has 1 aliphatic rings. The lowest BCUT2D eigenvalue weighted by Crippen LogP contribution is -2.54. The summed E-state index contributed by atoms with van der Waals surface area (Å²) in [4.78, 5) is 29.0. The van der Waals surface area contributed by atoms with Crippen molar-refractivity contribution >= 4 is 11.8 Å². The van der Waals surface area contributed by atoms with E-state index >= 15 is 0 Å². The minimum absolute atomic E-state index is 0.00125. The Morgan fingerprint density at radius 2 is 1.64 bits per heavy atom. The number of piperazine rings is 1. The van der Waals surface area contributed by atoms with E-state index in [-0.39, 0.29) is 17.9 Å². The van der Waals surface area contributed by atoms with Gasteiger partial charge >= 0.3 is 0 Å². The fourth-order valence-electron chi connectivity index (χ4n) is 3.32. The standard InChI is InChI=1S/C22H27N3O3/c1-17(21(26)23-16-18-8-10-20(28-2)11-9-18)24-12-14-25(15-13-24)22(27)19-6-4-3-5-7-19/h3-11,17H,12-16H2,1-2H3,(H,23,26)/t17-/m1/s1. The van der Waals surface area contributed by atoms with Crippen LogP contribution < -0.4 is 10.1 Å². The van der Waals surface area contributed by atoms with E-state index in [0.29, 0.717) is 38.3 Å². The van der Waals surface area contributed by atoms with Gasteiger partial charge in [0.15, 0.2) is 0 Å². The fraction of sp³-hybridized carbons (Fsp3) is 0.364. The van der Waals surface area contributed by atoms with Crippen molar-refractivity contribution in [3.05, 3.63) is 65.7 Å². The third-order valence-electron chi connectivity index (χ3n) is 5.18. The Morgan fingerprint density at radius 3 is 2.25 bits per heavy atom. The number of nitrogens with one attached hydrogen (secondary N) is 1. The first-order valence-electron chi connectivity index (χ1n) is 9.57. The molecule has 2 amide bonds. The molecule has 0 unspecified atom stereocenters. The lowest BCUT2D eigenvalue weighted by atomic mass is 10.1. The van der Waals surface area contributed by atoms with E-state index in [1.165, 1.54) is 0 Å². The monoisotopic (exact) mass is 381 g/mol. The molecule has 0 radical (unpaired) electrons. The van der Waals surface area contributed by atoms with Crippen LogP contribution in [0.1, 0.15) is 22.8 Å². The first-order chi connectivity index (χ1) is 13.6. The molecule has 0 spiro atoms. The number of ether oxygens (including phenoxy) is 1. The third kappa shape index (κ3) is 4.89. The predicted molar refractivity (Wildman–Crippen MR) is 108 cm³/mol. The molecule has 1 aliphatic heterocycles. The number of hydrogen-bond acceptors (Lipinski definition) is 4. The molecule has 1 fully saturated rings. The average molecular weight is 381 g/mol. The summed E-state index contributed by atoms with van der Waals surface area (Å²) >= 11 is 0. The van der Waals surface area contributed by atoms with Gasteiger partial charge in [-0.2, -0.15) is 0 Å². The van der Waals surface area contributed by atoms with Crippen LogP contribution in [-0.2, 0) is 11.3 Å². The van der Waals surface area contributed by atoms with Crippen LogP contribution in [0.15, 0.2) is 54.6 Å². The minimum atomic E-state index is -0.229. The first-order valence-corrected chi connectivity index (χ1v) is 9.57. The molecule has 0 aromatic heterocycles. The molecule has 1 saturated heterocycles. The highest BCUT2D eigenvalue weighted by molar-refractivity contribution is 5.94. The zero-order valence-electron chi connectivity index (χ0n) is 16.4. The maximum Gasteiger partial charge on any atom is 0.253 e. The molecular formula is C22H27N3O3. The zero-order chi connectivity index (χ0) is 19.9. The van der Waals surface area contributed by atoms with Crippen LogP contribution in [0, 0.1) is 0 Å². The first kappa shape index (κ1) is 19.9. The average Bonchev–Trinajstić information content (AvgIpc) is 2.77. The van der Waals surface area contributed by atoms with E-state index in [0.717, 1.165) is 11.3 Å². The van der Waals surface area contributed by atoms with Crippen molar-refractivity contribution in [2.24, 2.45) is 0 Å². The van der Waals surface area contributed by atoms with Crippen molar-refractivity contribution in [3.8, 4) is 5.75 Å². The van der Waals surface area contributed by atoms with Crippen molar-refractivity contribution in [2.45, 2.75) is 19.5 Å². The van der Waals surface area contributed by atoms with Gasteiger partial charge in [0.2, 0.25) is 5.91 Å². The van der Waals surface area contributed by atoms with Gasteiger partial charge in [-0.25, -0.2) is 0 Å². The third-order valence-corrected chi connectivity index (χ3v) is 5.18. The van der Waals surface area contributed by atoms with Crippen LogP contribution in [0.2, 0.25) is 0 Å². The topological polar surface area (TPSA) is 61.9 Å². The molecule has 6 nitrogen and oxygen atoms in total. The van der Waals surface area contributed by atoms with E-state index in [2.05, 4.69) is 10.2 Å². The Labute approximate surface area is 166 Å². The van der Waals surface area contributed by atoms with Gasteiger partial charge in [-0.3, -0.25) is 14.5 Å². The molecular weight excluding hydrogens is 354 g/mol. The number of carbonyl (C=O) groups is 2. The Bertz CT molecular complexity index is 784. The highest BCUT2D eigenvalue weighted by atomic mass is 16.5. The van der Waals surface area contributed by atoms with E-state index in [1.807, 2.05) is 66.4 Å². The van der Waals surface area contributed by atoms with Gasteiger partial charge in [-0.1, -0.05) is 30.3 Å². The second kappa shape index (κ2) is 9.37. The number of benzene rings is 2. The number of hydrogen-bond donors (Lipinski definition) is 1. The molecule has 148 valence electrons. The number of methoxy groups -OCH3 is 1. The predicted octanol–water partition coefficient (Wildman–Crippen LogP) is 2.16. The number of rotatable bonds is 6. The van der Waals surface area contributed by atoms with E-state index in [9.17, 15) is 9.59 Å². The van der Waals surface area contributed by atoms with Crippen molar-refractivity contribution in [1.82, 2.24) is 15.1 Å². The molecule has 2 aromatic rings. The number of amides is 2. The van der Waals surface area contributed by atoms with Gasteiger partial charge in [0.05, 0.1) is 13.2 Å². The van der Waals surface area contributed by atoms with Gasteiger partial charge in [-0.15, -0.1) is 0 Å². The molecule has 0 aliphatic carbocycles. The number of nitrogens with zero attached hydrogens (tertiary/aromatic N) is 2. The zero-order valence-corrected chi connectivity index (χ0v) is 16.4. The maximum atomic E-state index is 12.5. The summed E-state index contributed by atoms with van der Waals surface area (Å²) in [5.74, 6) is 0.849. The normalized spacial score (nSPS) is 15.7.